The molecule has 0 bridgehead atoms. The van der Waals surface area contributed by atoms with Crippen molar-refractivity contribution in [2.45, 2.75) is 19.0 Å². The number of likely N-dealkylation sites (tertiary alicyclic amines) is 1. The zero-order valence-electron chi connectivity index (χ0n) is 16.3. The van der Waals surface area contributed by atoms with E-state index >= 15 is 0 Å². The van der Waals surface area contributed by atoms with E-state index in [-0.39, 0.29) is 5.01 Å². The fourth-order valence-corrected chi connectivity index (χ4v) is 4.08. The molecule has 0 saturated carbocycles. The van der Waals surface area contributed by atoms with E-state index in [2.05, 4.69) is 21.9 Å². The fraction of sp³-hybridized carbons (Fsp3) is 0.421. The summed E-state index contributed by atoms with van der Waals surface area (Å²) in [7, 11) is 2.08. The zero-order chi connectivity index (χ0) is 21.9. The van der Waals surface area contributed by atoms with Gasteiger partial charge < -0.3 is 21.1 Å². The summed E-state index contributed by atoms with van der Waals surface area (Å²) in [5, 5.41) is 0.0289. The molecule has 7 nitrogen and oxygen atoms in total. The molecule has 1 aromatic carbocycles. The van der Waals surface area contributed by atoms with Crippen LogP contribution >= 0.6 is 11.3 Å². The number of nitrogens with zero attached hydrogens (tertiary/aromatic N) is 3. The number of halogens is 3. The van der Waals surface area contributed by atoms with Crippen LogP contribution in [0.1, 0.15) is 28.2 Å². The molecule has 1 aromatic heterocycles. The molecule has 0 aliphatic carbocycles. The topological polar surface area (TPSA) is 107 Å². The third kappa shape index (κ3) is 5.48. The molecule has 4 N–H and O–H groups in total. The molecule has 1 amide bonds. The van der Waals surface area contributed by atoms with Crippen LogP contribution in [0.15, 0.2) is 29.3 Å². The molecule has 2 heterocycles. The maximum Gasteiger partial charge on any atom is 0.435 e. The standard InChI is InChI=1S/C19H22F3N5O2S/c1-27-7-5-11(6-8-27)10-29-13-4-2-3-12(9-13)17-25-15(19(20,21)22)14(30-17)16(28)26-18(23)24/h2-4,9,11H,5-8,10H2,1H3,(H4,23,24,26,28). The normalized spacial score (nSPS) is 15.7. The fourth-order valence-electron chi connectivity index (χ4n) is 3.11. The van der Waals surface area contributed by atoms with Crippen molar-refractivity contribution in [3.63, 3.8) is 0 Å². The molecular weight excluding hydrogens is 419 g/mol. The van der Waals surface area contributed by atoms with Crippen molar-refractivity contribution in [2.24, 2.45) is 22.4 Å². The number of aliphatic imine (C=N–C) groups is 1. The van der Waals surface area contributed by atoms with Crippen LogP contribution in [0, 0.1) is 5.92 Å². The first-order chi connectivity index (χ1) is 14.1. The maximum atomic E-state index is 13.4. The number of thiazole rings is 1. The number of amides is 1. The Morgan fingerprint density at radius 1 is 1.33 bits per heavy atom. The van der Waals surface area contributed by atoms with Gasteiger partial charge in [-0.2, -0.15) is 18.2 Å². The predicted octanol–water partition coefficient (Wildman–Crippen LogP) is 2.96. The zero-order valence-corrected chi connectivity index (χ0v) is 17.1. The van der Waals surface area contributed by atoms with E-state index < -0.39 is 28.6 Å². The highest BCUT2D eigenvalue weighted by atomic mass is 32.1. The first-order valence-corrected chi connectivity index (χ1v) is 10.1. The maximum absolute atomic E-state index is 13.4. The highest BCUT2D eigenvalue weighted by Crippen LogP contribution is 2.38. The molecule has 162 valence electrons. The number of hydrogen-bond acceptors (Lipinski definition) is 5. The van der Waals surface area contributed by atoms with Crippen molar-refractivity contribution in [1.29, 1.82) is 0 Å². The van der Waals surface area contributed by atoms with Gasteiger partial charge in [-0.25, -0.2) is 4.98 Å². The van der Waals surface area contributed by atoms with Crippen LogP contribution in [0.4, 0.5) is 13.2 Å². The van der Waals surface area contributed by atoms with Crippen LogP contribution < -0.4 is 16.2 Å². The van der Waals surface area contributed by atoms with Crippen LogP contribution in [-0.4, -0.2) is 48.5 Å². The Hall–Kier alpha value is -2.66. The van der Waals surface area contributed by atoms with Gasteiger partial charge in [0.05, 0.1) is 6.61 Å². The number of hydrogen-bond donors (Lipinski definition) is 2. The molecule has 0 radical (unpaired) electrons. The number of guanidine groups is 1. The van der Waals surface area contributed by atoms with Gasteiger partial charge in [0.1, 0.15) is 15.6 Å². The first kappa shape index (κ1) is 22.0. The lowest BCUT2D eigenvalue weighted by Gasteiger charge is -2.28. The Kier molecular flexibility index (Phi) is 6.61. The van der Waals surface area contributed by atoms with Gasteiger partial charge in [-0.3, -0.25) is 4.79 Å². The number of piperidine rings is 1. The Morgan fingerprint density at radius 3 is 2.67 bits per heavy atom. The van der Waals surface area contributed by atoms with Crippen LogP contribution in [0.2, 0.25) is 0 Å². The number of alkyl halides is 3. The summed E-state index contributed by atoms with van der Waals surface area (Å²) >= 11 is 0.585. The van der Waals surface area contributed by atoms with Crippen LogP contribution in [-0.2, 0) is 6.18 Å². The van der Waals surface area contributed by atoms with E-state index in [1.807, 2.05) is 0 Å². The SMILES string of the molecule is CN1CCC(COc2cccc(-c3nc(C(F)(F)F)c(C(=O)N=C(N)N)s3)c2)CC1. The third-order valence-electron chi connectivity index (χ3n) is 4.73. The lowest BCUT2D eigenvalue weighted by Crippen LogP contribution is -2.32. The van der Waals surface area contributed by atoms with Gasteiger partial charge in [-0.15, -0.1) is 11.3 Å². The number of rotatable bonds is 5. The molecule has 0 unspecified atom stereocenters. The molecule has 30 heavy (non-hydrogen) atoms. The van der Waals surface area contributed by atoms with E-state index in [0.717, 1.165) is 25.9 Å². The minimum atomic E-state index is -4.82. The Morgan fingerprint density at radius 2 is 2.03 bits per heavy atom. The average Bonchev–Trinajstić information content (AvgIpc) is 3.14. The molecule has 3 rings (SSSR count). The van der Waals surface area contributed by atoms with Crippen LogP contribution in [0.5, 0.6) is 5.75 Å². The highest BCUT2D eigenvalue weighted by Gasteiger charge is 2.39. The van der Waals surface area contributed by atoms with Gasteiger partial charge in [0.2, 0.25) is 0 Å². The predicted molar refractivity (Wildman–Crippen MR) is 108 cm³/mol. The van der Waals surface area contributed by atoms with Crippen molar-refractivity contribution >= 4 is 23.2 Å². The van der Waals surface area contributed by atoms with Crippen molar-refractivity contribution in [1.82, 2.24) is 9.88 Å². The number of benzene rings is 1. The summed E-state index contributed by atoms with van der Waals surface area (Å²) in [5.74, 6) is -0.828. The first-order valence-electron chi connectivity index (χ1n) is 9.27. The van der Waals surface area contributed by atoms with Crippen LogP contribution in [0.25, 0.3) is 10.6 Å². The summed E-state index contributed by atoms with van der Waals surface area (Å²) < 4.78 is 45.9. The van der Waals surface area contributed by atoms with Gasteiger partial charge in [0.15, 0.2) is 11.7 Å². The van der Waals surface area contributed by atoms with Gasteiger partial charge >= 0.3 is 6.18 Å². The molecular formula is C19H22F3N5O2S. The summed E-state index contributed by atoms with van der Waals surface area (Å²) in [4.78, 5) is 20.5. The largest absolute Gasteiger partial charge is 0.493 e. The minimum absolute atomic E-state index is 0.0289. The molecule has 1 aliphatic heterocycles. The lowest BCUT2D eigenvalue weighted by atomic mass is 9.98. The number of carbonyl (C=O) groups is 1. The Balaban J connectivity index is 1.82. The summed E-state index contributed by atoms with van der Waals surface area (Å²) in [5.41, 5.74) is 9.34. The molecule has 0 spiro atoms. The smallest absolute Gasteiger partial charge is 0.435 e. The van der Waals surface area contributed by atoms with Crippen molar-refractivity contribution in [3.05, 3.63) is 34.8 Å². The van der Waals surface area contributed by atoms with Crippen molar-refractivity contribution in [2.75, 3.05) is 26.7 Å². The third-order valence-corrected chi connectivity index (χ3v) is 5.82. The lowest BCUT2D eigenvalue weighted by molar-refractivity contribution is -0.141. The summed E-state index contributed by atoms with van der Waals surface area (Å²) in [6.45, 7) is 2.57. The quantitative estimate of drug-likeness (QED) is 0.546. The van der Waals surface area contributed by atoms with Gasteiger partial charge in [0, 0.05) is 5.56 Å². The molecule has 0 atom stereocenters. The number of nitrogens with two attached hydrogens (primary N) is 2. The van der Waals surface area contributed by atoms with Crippen LogP contribution in [0.3, 0.4) is 0 Å². The summed E-state index contributed by atoms with van der Waals surface area (Å²) in [6.07, 6.45) is -2.75. The highest BCUT2D eigenvalue weighted by molar-refractivity contribution is 7.17. The average molecular weight is 441 g/mol. The van der Waals surface area contributed by atoms with Gasteiger partial charge in [0.25, 0.3) is 5.91 Å². The second-order valence-electron chi connectivity index (χ2n) is 7.12. The Bertz CT molecular complexity index is 932. The second-order valence-corrected chi connectivity index (χ2v) is 8.12. The number of aromatic nitrogens is 1. The molecule has 1 fully saturated rings. The number of ether oxygens (including phenoxy) is 1. The number of carbonyl (C=O) groups excluding carboxylic acids is 1. The monoisotopic (exact) mass is 441 g/mol. The minimum Gasteiger partial charge on any atom is -0.493 e. The van der Waals surface area contributed by atoms with Gasteiger partial charge in [-0.05, 0) is 51.0 Å². The van der Waals surface area contributed by atoms with E-state index in [1.54, 1.807) is 24.3 Å². The second kappa shape index (κ2) is 9.00. The van der Waals surface area contributed by atoms with E-state index in [0.29, 0.717) is 35.2 Å². The molecule has 11 heteroatoms. The van der Waals surface area contributed by atoms with Gasteiger partial charge in [-0.1, -0.05) is 12.1 Å². The Labute approximate surface area is 175 Å². The molecule has 2 aromatic rings. The van der Waals surface area contributed by atoms with Crippen molar-refractivity contribution in [3.8, 4) is 16.3 Å². The molecule has 1 aliphatic rings. The van der Waals surface area contributed by atoms with E-state index in [4.69, 9.17) is 16.2 Å². The molecule has 1 saturated heterocycles. The van der Waals surface area contributed by atoms with E-state index in [1.165, 1.54) is 0 Å². The van der Waals surface area contributed by atoms with E-state index in [9.17, 15) is 18.0 Å². The van der Waals surface area contributed by atoms with Crippen molar-refractivity contribution < 1.29 is 22.7 Å². The summed E-state index contributed by atoms with van der Waals surface area (Å²) in [6, 6.07) is 6.63.